The molecule has 0 amide bonds. The first-order valence-corrected chi connectivity index (χ1v) is 8.05. The highest BCUT2D eigenvalue weighted by Crippen LogP contribution is 2.24. The first kappa shape index (κ1) is 14.6. The fourth-order valence-corrected chi connectivity index (χ4v) is 3.44. The molecule has 1 saturated heterocycles. The van der Waals surface area contributed by atoms with E-state index in [0.29, 0.717) is 0 Å². The number of rotatable bonds is 3. The van der Waals surface area contributed by atoms with Crippen molar-refractivity contribution in [3.8, 4) is 0 Å². The summed E-state index contributed by atoms with van der Waals surface area (Å²) < 4.78 is 5.91. The van der Waals surface area contributed by atoms with E-state index in [1.54, 1.807) is 11.3 Å². The SMILES string of the molecule is Cc1cc(C2CN(Cc3scnc3C)CCO2)nc(C)n1. The smallest absolute Gasteiger partial charge is 0.125 e. The quantitative estimate of drug-likeness (QED) is 0.871. The standard InChI is InChI=1S/C15H20N4OS/c1-10-6-13(18-12(3)17-10)14-7-19(4-5-20-14)8-15-11(2)16-9-21-15/h6,9,14H,4-5,7-8H2,1-3H3. The van der Waals surface area contributed by atoms with Gasteiger partial charge in [0.2, 0.25) is 0 Å². The molecule has 0 bridgehead atoms. The van der Waals surface area contributed by atoms with Gasteiger partial charge < -0.3 is 4.74 Å². The second kappa shape index (κ2) is 6.17. The van der Waals surface area contributed by atoms with Gasteiger partial charge in [0.25, 0.3) is 0 Å². The largest absolute Gasteiger partial charge is 0.369 e. The summed E-state index contributed by atoms with van der Waals surface area (Å²) in [6, 6.07) is 2.03. The molecule has 21 heavy (non-hydrogen) atoms. The third-order valence-corrected chi connectivity index (χ3v) is 4.60. The van der Waals surface area contributed by atoms with E-state index in [1.165, 1.54) is 4.88 Å². The number of thiazole rings is 1. The highest BCUT2D eigenvalue weighted by Gasteiger charge is 2.24. The van der Waals surface area contributed by atoms with Crippen LogP contribution < -0.4 is 0 Å². The molecule has 2 aromatic rings. The molecule has 3 rings (SSSR count). The van der Waals surface area contributed by atoms with Crippen molar-refractivity contribution in [1.82, 2.24) is 19.9 Å². The maximum Gasteiger partial charge on any atom is 0.125 e. The molecule has 1 fully saturated rings. The van der Waals surface area contributed by atoms with E-state index in [0.717, 1.165) is 49.1 Å². The van der Waals surface area contributed by atoms with Gasteiger partial charge in [-0.1, -0.05) is 0 Å². The minimum atomic E-state index is 0.0346. The van der Waals surface area contributed by atoms with Crippen molar-refractivity contribution in [2.24, 2.45) is 0 Å². The topological polar surface area (TPSA) is 51.1 Å². The summed E-state index contributed by atoms with van der Waals surface area (Å²) in [7, 11) is 0. The van der Waals surface area contributed by atoms with Gasteiger partial charge in [-0.25, -0.2) is 15.0 Å². The molecule has 0 aromatic carbocycles. The first-order valence-electron chi connectivity index (χ1n) is 7.17. The molecule has 5 nitrogen and oxygen atoms in total. The average molecular weight is 304 g/mol. The summed E-state index contributed by atoms with van der Waals surface area (Å²) in [5.41, 5.74) is 5.04. The van der Waals surface area contributed by atoms with Crippen molar-refractivity contribution < 1.29 is 4.74 Å². The van der Waals surface area contributed by atoms with E-state index in [4.69, 9.17) is 4.74 Å². The van der Waals surface area contributed by atoms with Gasteiger partial charge in [-0.05, 0) is 26.8 Å². The predicted molar refractivity (Wildman–Crippen MR) is 82.3 cm³/mol. The van der Waals surface area contributed by atoms with Crippen LogP contribution in [0.1, 0.15) is 33.9 Å². The summed E-state index contributed by atoms with van der Waals surface area (Å²) in [5, 5.41) is 0. The third kappa shape index (κ3) is 3.45. The minimum Gasteiger partial charge on any atom is -0.369 e. The predicted octanol–water partition coefficient (Wildman–Crippen LogP) is 2.43. The summed E-state index contributed by atoms with van der Waals surface area (Å²) in [5.74, 6) is 0.809. The van der Waals surface area contributed by atoms with Crippen molar-refractivity contribution in [2.45, 2.75) is 33.4 Å². The Morgan fingerprint density at radius 3 is 2.90 bits per heavy atom. The lowest BCUT2D eigenvalue weighted by molar-refractivity contribution is -0.0349. The monoisotopic (exact) mass is 304 g/mol. The number of nitrogens with zero attached hydrogens (tertiary/aromatic N) is 4. The number of aromatic nitrogens is 3. The number of hydrogen-bond donors (Lipinski definition) is 0. The van der Waals surface area contributed by atoms with E-state index in [1.807, 2.05) is 25.4 Å². The van der Waals surface area contributed by atoms with Crippen molar-refractivity contribution in [3.63, 3.8) is 0 Å². The van der Waals surface area contributed by atoms with Crippen LogP contribution in [0.3, 0.4) is 0 Å². The lowest BCUT2D eigenvalue weighted by atomic mass is 10.1. The average Bonchev–Trinajstić information content (AvgIpc) is 2.84. The molecule has 112 valence electrons. The summed E-state index contributed by atoms with van der Waals surface area (Å²) in [4.78, 5) is 16.9. The number of aryl methyl sites for hydroxylation is 3. The molecule has 3 heterocycles. The Bertz CT molecular complexity index is 608. The maximum absolute atomic E-state index is 5.91. The van der Waals surface area contributed by atoms with Gasteiger partial charge in [0.05, 0.1) is 23.5 Å². The molecule has 0 N–H and O–H groups in total. The molecule has 0 aliphatic carbocycles. The molecule has 6 heteroatoms. The highest BCUT2D eigenvalue weighted by atomic mass is 32.1. The number of hydrogen-bond acceptors (Lipinski definition) is 6. The van der Waals surface area contributed by atoms with Crippen molar-refractivity contribution in [1.29, 1.82) is 0 Å². The fourth-order valence-electron chi connectivity index (χ4n) is 2.62. The Morgan fingerprint density at radius 2 is 2.19 bits per heavy atom. The van der Waals surface area contributed by atoms with Crippen LogP contribution in [-0.2, 0) is 11.3 Å². The minimum absolute atomic E-state index is 0.0346. The Hall–Kier alpha value is -1.37. The normalized spacial score (nSPS) is 19.9. The van der Waals surface area contributed by atoms with E-state index >= 15 is 0 Å². The molecule has 1 aliphatic heterocycles. The fraction of sp³-hybridized carbons (Fsp3) is 0.533. The number of ether oxygens (including phenoxy) is 1. The van der Waals surface area contributed by atoms with Gasteiger partial charge in [0.1, 0.15) is 11.9 Å². The molecule has 0 radical (unpaired) electrons. The van der Waals surface area contributed by atoms with Crippen LogP contribution in [-0.4, -0.2) is 39.5 Å². The molecule has 2 aromatic heterocycles. The molecular weight excluding hydrogens is 284 g/mol. The van der Waals surface area contributed by atoms with Crippen LogP contribution in [0.4, 0.5) is 0 Å². The van der Waals surface area contributed by atoms with E-state index in [2.05, 4.69) is 26.8 Å². The van der Waals surface area contributed by atoms with Gasteiger partial charge in [-0.2, -0.15) is 0 Å². The van der Waals surface area contributed by atoms with E-state index in [9.17, 15) is 0 Å². The zero-order chi connectivity index (χ0) is 14.8. The third-order valence-electron chi connectivity index (χ3n) is 3.68. The second-order valence-electron chi connectivity index (χ2n) is 5.44. The van der Waals surface area contributed by atoms with Crippen LogP contribution >= 0.6 is 11.3 Å². The Morgan fingerprint density at radius 1 is 1.33 bits per heavy atom. The second-order valence-corrected chi connectivity index (χ2v) is 6.38. The Labute approximate surface area is 129 Å². The summed E-state index contributed by atoms with van der Waals surface area (Å²) >= 11 is 1.73. The molecular formula is C15H20N4OS. The molecule has 0 spiro atoms. The lowest BCUT2D eigenvalue weighted by Gasteiger charge is -2.32. The Balaban J connectivity index is 1.72. The number of morpholine rings is 1. The molecule has 1 aliphatic rings. The first-order chi connectivity index (χ1) is 10.1. The Kier molecular flexibility index (Phi) is 4.28. The van der Waals surface area contributed by atoms with Crippen LogP contribution in [0.25, 0.3) is 0 Å². The van der Waals surface area contributed by atoms with Crippen molar-refractivity contribution in [2.75, 3.05) is 19.7 Å². The lowest BCUT2D eigenvalue weighted by Crippen LogP contribution is -2.38. The van der Waals surface area contributed by atoms with Crippen LogP contribution in [0, 0.1) is 20.8 Å². The van der Waals surface area contributed by atoms with Crippen LogP contribution in [0.2, 0.25) is 0 Å². The molecule has 1 atom stereocenters. The van der Waals surface area contributed by atoms with Gasteiger partial charge in [-0.3, -0.25) is 4.90 Å². The molecule has 0 saturated carbocycles. The van der Waals surface area contributed by atoms with Crippen molar-refractivity contribution >= 4 is 11.3 Å². The van der Waals surface area contributed by atoms with E-state index < -0.39 is 0 Å². The summed E-state index contributed by atoms with van der Waals surface area (Å²) in [6.07, 6.45) is 0.0346. The maximum atomic E-state index is 5.91. The zero-order valence-electron chi connectivity index (χ0n) is 12.7. The zero-order valence-corrected chi connectivity index (χ0v) is 13.5. The van der Waals surface area contributed by atoms with Gasteiger partial charge >= 0.3 is 0 Å². The van der Waals surface area contributed by atoms with Gasteiger partial charge in [0.15, 0.2) is 0 Å². The highest BCUT2D eigenvalue weighted by molar-refractivity contribution is 7.09. The van der Waals surface area contributed by atoms with Gasteiger partial charge in [0, 0.05) is 30.2 Å². The van der Waals surface area contributed by atoms with Crippen LogP contribution in [0.15, 0.2) is 11.6 Å². The summed E-state index contributed by atoms with van der Waals surface area (Å²) in [6.45, 7) is 9.51. The molecule has 1 unspecified atom stereocenters. The van der Waals surface area contributed by atoms with E-state index in [-0.39, 0.29) is 6.10 Å². The van der Waals surface area contributed by atoms with Crippen LogP contribution in [0.5, 0.6) is 0 Å². The van der Waals surface area contributed by atoms with Crippen molar-refractivity contribution in [3.05, 3.63) is 39.4 Å². The van der Waals surface area contributed by atoms with Gasteiger partial charge in [-0.15, -0.1) is 11.3 Å².